The minimum Gasteiger partial charge on any atom is -0.497 e. The van der Waals surface area contributed by atoms with Crippen LogP contribution in [0.1, 0.15) is 12.0 Å². The van der Waals surface area contributed by atoms with E-state index in [0.717, 1.165) is 17.1 Å². The number of methoxy groups -OCH3 is 2. The van der Waals surface area contributed by atoms with Gasteiger partial charge in [-0.2, -0.15) is 0 Å². The summed E-state index contributed by atoms with van der Waals surface area (Å²) >= 11 is 5.98. The van der Waals surface area contributed by atoms with Gasteiger partial charge in [-0.15, -0.1) is 11.6 Å². The van der Waals surface area contributed by atoms with E-state index in [4.69, 9.17) is 21.1 Å². The molecule has 0 saturated carbocycles. The second kappa shape index (κ2) is 5.48. The third kappa shape index (κ3) is 2.70. The van der Waals surface area contributed by atoms with Crippen LogP contribution >= 0.6 is 11.6 Å². The zero-order valence-electron chi connectivity index (χ0n) is 10.5. The average molecular weight is 270 g/mol. The topological polar surface area (TPSA) is 38.8 Å². The third-order valence-corrected chi connectivity index (χ3v) is 3.31. The van der Waals surface area contributed by atoms with Gasteiger partial charge in [0.1, 0.15) is 11.5 Å². The number of benzene rings is 1. The van der Waals surface area contributed by atoms with Crippen LogP contribution in [0.2, 0.25) is 0 Å². The van der Waals surface area contributed by atoms with Gasteiger partial charge >= 0.3 is 0 Å². The summed E-state index contributed by atoms with van der Waals surface area (Å²) in [5.41, 5.74) is 0.927. The summed E-state index contributed by atoms with van der Waals surface area (Å²) in [6, 6.07) is 5.55. The van der Waals surface area contributed by atoms with Gasteiger partial charge in [0.2, 0.25) is 5.91 Å². The van der Waals surface area contributed by atoms with Crippen LogP contribution in [0.4, 0.5) is 0 Å². The Morgan fingerprint density at radius 3 is 2.72 bits per heavy atom. The molecule has 18 heavy (non-hydrogen) atoms. The Bertz CT molecular complexity index is 450. The van der Waals surface area contributed by atoms with Gasteiger partial charge in [-0.25, -0.2) is 0 Å². The van der Waals surface area contributed by atoms with Crippen LogP contribution in [0.3, 0.4) is 0 Å². The van der Waals surface area contributed by atoms with Crippen molar-refractivity contribution in [1.29, 1.82) is 0 Å². The monoisotopic (exact) mass is 269 g/mol. The van der Waals surface area contributed by atoms with Crippen molar-refractivity contribution in [2.45, 2.75) is 18.3 Å². The number of hydrogen-bond acceptors (Lipinski definition) is 3. The first-order chi connectivity index (χ1) is 8.63. The number of halogens is 1. The van der Waals surface area contributed by atoms with Crippen LogP contribution in [-0.4, -0.2) is 36.9 Å². The highest BCUT2D eigenvalue weighted by Crippen LogP contribution is 2.27. The van der Waals surface area contributed by atoms with Crippen molar-refractivity contribution in [2.24, 2.45) is 0 Å². The fraction of sp³-hybridized carbons (Fsp3) is 0.462. The van der Waals surface area contributed by atoms with Gasteiger partial charge in [0.15, 0.2) is 0 Å². The van der Waals surface area contributed by atoms with E-state index in [2.05, 4.69) is 0 Å². The van der Waals surface area contributed by atoms with Gasteiger partial charge in [-0.1, -0.05) is 0 Å². The van der Waals surface area contributed by atoms with Crippen molar-refractivity contribution in [2.75, 3.05) is 20.8 Å². The second-order valence-corrected chi connectivity index (χ2v) is 4.87. The zero-order valence-corrected chi connectivity index (χ0v) is 11.2. The summed E-state index contributed by atoms with van der Waals surface area (Å²) in [6.07, 6.45) is 0.411. The molecule has 2 rings (SSSR count). The zero-order chi connectivity index (χ0) is 13.1. The average Bonchev–Trinajstić information content (AvgIpc) is 2.67. The Labute approximate surface area is 111 Å². The lowest BCUT2D eigenvalue weighted by atomic mass is 10.1. The number of rotatable bonds is 4. The van der Waals surface area contributed by atoms with Crippen LogP contribution < -0.4 is 9.47 Å². The molecule has 4 nitrogen and oxygen atoms in total. The molecule has 0 aromatic heterocycles. The molecule has 1 aliphatic heterocycles. The highest BCUT2D eigenvalue weighted by molar-refractivity contribution is 6.22. The molecule has 0 N–H and O–H groups in total. The smallest absolute Gasteiger partial charge is 0.224 e. The van der Waals surface area contributed by atoms with Crippen molar-refractivity contribution in [3.8, 4) is 11.5 Å². The van der Waals surface area contributed by atoms with E-state index in [9.17, 15) is 4.79 Å². The Hall–Kier alpha value is -1.42. The molecule has 0 spiro atoms. The number of alkyl halides is 1. The van der Waals surface area contributed by atoms with E-state index >= 15 is 0 Å². The van der Waals surface area contributed by atoms with Gasteiger partial charge in [-0.05, 0) is 18.2 Å². The fourth-order valence-corrected chi connectivity index (χ4v) is 2.39. The lowest BCUT2D eigenvalue weighted by Gasteiger charge is -2.18. The van der Waals surface area contributed by atoms with Crippen molar-refractivity contribution < 1.29 is 14.3 Å². The summed E-state index contributed by atoms with van der Waals surface area (Å²) in [4.78, 5) is 13.5. The maximum absolute atomic E-state index is 11.7. The Balaban J connectivity index is 2.19. The van der Waals surface area contributed by atoms with Gasteiger partial charge in [0.25, 0.3) is 0 Å². The summed E-state index contributed by atoms with van der Waals surface area (Å²) in [5, 5.41) is -0.0888. The van der Waals surface area contributed by atoms with Crippen molar-refractivity contribution >= 4 is 17.5 Å². The summed E-state index contributed by atoms with van der Waals surface area (Å²) < 4.78 is 10.5. The van der Waals surface area contributed by atoms with Crippen molar-refractivity contribution in [3.63, 3.8) is 0 Å². The van der Waals surface area contributed by atoms with Gasteiger partial charge in [0, 0.05) is 25.1 Å². The molecule has 1 aromatic carbocycles. The van der Waals surface area contributed by atoms with E-state index < -0.39 is 0 Å². The van der Waals surface area contributed by atoms with Crippen molar-refractivity contribution in [3.05, 3.63) is 23.8 Å². The van der Waals surface area contributed by atoms with Gasteiger partial charge < -0.3 is 14.4 Å². The number of carbonyl (C=O) groups is 1. The first-order valence-corrected chi connectivity index (χ1v) is 6.20. The minimum absolute atomic E-state index is 0.0832. The number of carbonyl (C=O) groups excluding carboxylic acids is 1. The predicted molar refractivity (Wildman–Crippen MR) is 69.2 cm³/mol. The molecule has 98 valence electrons. The van der Waals surface area contributed by atoms with Gasteiger partial charge in [-0.3, -0.25) is 4.79 Å². The predicted octanol–water partition coefficient (Wildman–Crippen LogP) is 2.04. The molecule has 1 amide bonds. The molecular weight excluding hydrogens is 254 g/mol. The molecule has 1 atom stereocenters. The second-order valence-electron chi connectivity index (χ2n) is 4.25. The largest absolute Gasteiger partial charge is 0.497 e. The first-order valence-electron chi connectivity index (χ1n) is 5.76. The summed E-state index contributed by atoms with van der Waals surface area (Å²) in [5.74, 6) is 1.58. The van der Waals surface area contributed by atoms with E-state index in [1.165, 1.54) is 0 Å². The molecule has 1 saturated heterocycles. The summed E-state index contributed by atoms with van der Waals surface area (Å²) in [7, 11) is 3.23. The Morgan fingerprint density at radius 1 is 1.39 bits per heavy atom. The maximum Gasteiger partial charge on any atom is 0.224 e. The molecule has 1 unspecified atom stereocenters. The van der Waals surface area contributed by atoms with Crippen LogP contribution in [0.25, 0.3) is 0 Å². The van der Waals surface area contributed by atoms with Crippen LogP contribution in [0, 0.1) is 0 Å². The molecule has 0 bridgehead atoms. The highest BCUT2D eigenvalue weighted by atomic mass is 35.5. The van der Waals surface area contributed by atoms with Crippen LogP contribution in [-0.2, 0) is 11.3 Å². The molecule has 1 aromatic rings. The lowest BCUT2D eigenvalue weighted by molar-refractivity contribution is -0.128. The van der Waals surface area contributed by atoms with E-state index in [1.807, 2.05) is 18.2 Å². The molecule has 0 aliphatic carbocycles. The fourth-order valence-electron chi connectivity index (χ4n) is 2.09. The number of hydrogen-bond donors (Lipinski definition) is 0. The lowest BCUT2D eigenvalue weighted by Crippen LogP contribution is -2.24. The number of amides is 1. The minimum atomic E-state index is -0.0888. The van der Waals surface area contributed by atoms with Crippen LogP contribution in [0.15, 0.2) is 18.2 Å². The number of ether oxygens (including phenoxy) is 2. The van der Waals surface area contributed by atoms with E-state index in [-0.39, 0.29) is 11.3 Å². The molecule has 5 heteroatoms. The molecule has 0 radical (unpaired) electrons. The van der Waals surface area contributed by atoms with Crippen molar-refractivity contribution in [1.82, 2.24) is 4.90 Å². The quantitative estimate of drug-likeness (QED) is 0.786. The molecule has 1 heterocycles. The number of nitrogens with zero attached hydrogens (tertiary/aromatic N) is 1. The molecular formula is C13H16ClNO3. The maximum atomic E-state index is 11.7. The highest BCUT2D eigenvalue weighted by Gasteiger charge is 2.28. The SMILES string of the molecule is COc1ccc(OC)c(CN2CC(Cl)CC2=O)c1. The Kier molecular flexibility index (Phi) is 3.97. The van der Waals surface area contributed by atoms with E-state index in [0.29, 0.717) is 19.5 Å². The molecule has 1 fully saturated rings. The first kappa shape index (κ1) is 13.0. The standard InChI is InChI=1S/C13H16ClNO3/c1-17-11-3-4-12(18-2)9(5-11)7-15-8-10(14)6-13(15)16/h3-5,10H,6-8H2,1-2H3. The van der Waals surface area contributed by atoms with E-state index in [1.54, 1.807) is 19.1 Å². The molecule has 1 aliphatic rings. The third-order valence-electron chi connectivity index (χ3n) is 3.02. The van der Waals surface area contributed by atoms with Gasteiger partial charge in [0.05, 0.1) is 19.6 Å². The van der Waals surface area contributed by atoms with Crippen LogP contribution in [0.5, 0.6) is 11.5 Å². The summed E-state index contributed by atoms with van der Waals surface area (Å²) in [6.45, 7) is 1.09. The normalized spacial score (nSPS) is 19.2. The Morgan fingerprint density at radius 2 is 2.17 bits per heavy atom. The number of likely N-dealkylation sites (tertiary alicyclic amines) is 1.